The normalized spacial score (nSPS) is 13.6. The molecule has 0 saturated heterocycles. The molecule has 0 atom stereocenters. The van der Waals surface area contributed by atoms with E-state index in [4.69, 9.17) is 0 Å². The number of guanidine groups is 1. The maximum atomic E-state index is 12.3. The number of hydrogen-bond donors (Lipinski definition) is 2. The molecule has 0 radical (unpaired) electrons. The SMILES string of the molecule is CN=C(NCc1cccc(C(=O)NCCN(C)C)c1)N1CCc2ccccc21. The molecule has 3 rings (SSSR count). The standard InChI is InChI=1S/C22H29N5O/c1-23-22(27-13-11-18-8-4-5-10-20(18)27)25-16-17-7-6-9-19(15-17)21(28)24-12-14-26(2)3/h4-10,15H,11-14,16H2,1-3H3,(H,23,25)(H,24,28). The van der Waals surface area contributed by atoms with Crippen LogP contribution < -0.4 is 15.5 Å². The lowest BCUT2D eigenvalue weighted by atomic mass is 10.1. The van der Waals surface area contributed by atoms with Crippen LogP contribution in [0.1, 0.15) is 21.5 Å². The Kier molecular flexibility index (Phi) is 6.66. The van der Waals surface area contributed by atoms with Gasteiger partial charge in [-0.25, -0.2) is 0 Å². The number of anilines is 1. The number of fused-ring (bicyclic) bond motifs is 1. The van der Waals surface area contributed by atoms with Gasteiger partial charge in [0.2, 0.25) is 0 Å². The highest BCUT2D eigenvalue weighted by molar-refractivity contribution is 5.98. The molecular formula is C22H29N5O. The van der Waals surface area contributed by atoms with Gasteiger partial charge in [0.15, 0.2) is 5.96 Å². The largest absolute Gasteiger partial charge is 0.352 e. The summed E-state index contributed by atoms with van der Waals surface area (Å²) in [5.74, 6) is 0.812. The van der Waals surface area contributed by atoms with E-state index in [-0.39, 0.29) is 5.91 Å². The molecule has 2 aromatic rings. The zero-order valence-corrected chi connectivity index (χ0v) is 16.9. The van der Waals surface area contributed by atoms with Crippen molar-refractivity contribution in [3.05, 3.63) is 65.2 Å². The summed E-state index contributed by atoms with van der Waals surface area (Å²) in [6.45, 7) is 2.99. The molecule has 6 heteroatoms. The van der Waals surface area contributed by atoms with Crippen molar-refractivity contribution >= 4 is 17.6 Å². The summed E-state index contributed by atoms with van der Waals surface area (Å²) >= 11 is 0. The molecule has 1 heterocycles. The third-order valence-corrected chi connectivity index (χ3v) is 4.84. The van der Waals surface area contributed by atoms with E-state index in [1.807, 2.05) is 43.3 Å². The van der Waals surface area contributed by atoms with Crippen molar-refractivity contribution < 1.29 is 4.79 Å². The Morgan fingerprint density at radius 2 is 1.96 bits per heavy atom. The number of carbonyl (C=O) groups is 1. The fourth-order valence-corrected chi connectivity index (χ4v) is 3.35. The molecule has 1 amide bonds. The van der Waals surface area contributed by atoms with Crippen molar-refractivity contribution in [1.29, 1.82) is 0 Å². The van der Waals surface area contributed by atoms with Crippen LogP contribution in [0, 0.1) is 0 Å². The summed E-state index contributed by atoms with van der Waals surface area (Å²) in [5, 5.41) is 6.39. The predicted octanol–water partition coefficient (Wildman–Crippen LogP) is 2.12. The lowest BCUT2D eigenvalue weighted by Gasteiger charge is -2.22. The fourth-order valence-electron chi connectivity index (χ4n) is 3.35. The van der Waals surface area contributed by atoms with Crippen LogP contribution in [0.25, 0.3) is 0 Å². The number of amides is 1. The Balaban J connectivity index is 1.60. The van der Waals surface area contributed by atoms with E-state index in [9.17, 15) is 4.79 Å². The summed E-state index contributed by atoms with van der Waals surface area (Å²) < 4.78 is 0. The number of aliphatic imine (C=N–C) groups is 1. The average molecular weight is 380 g/mol. The van der Waals surface area contributed by atoms with Gasteiger partial charge in [-0.2, -0.15) is 0 Å². The number of carbonyl (C=O) groups excluding carboxylic acids is 1. The van der Waals surface area contributed by atoms with E-state index in [0.29, 0.717) is 18.7 Å². The van der Waals surface area contributed by atoms with Crippen molar-refractivity contribution in [2.75, 3.05) is 45.7 Å². The molecule has 1 aliphatic rings. The van der Waals surface area contributed by atoms with Crippen molar-refractivity contribution in [1.82, 2.24) is 15.5 Å². The maximum Gasteiger partial charge on any atom is 0.251 e. The maximum absolute atomic E-state index is 12.3. The van der Waals surface area contributed by atoms with Gasteiger partial charge in [-0.15, -0.1) is 0 Å². The average Bonchev–Trinajstić information content (AvgIpc) is 3.12. The van der Waals surface area contributed by atoms with Gasteiger partial charge in [0, 0.05) is 44.5 Å². The molecule has 0 spiro atoms. The first-order valence-corrected chi connectivity index (χ1v) is 9.66. The summed E-state index contributed by atoms with van der Waals surface area (Å²) in [4.78, 5) is 21.0. The highest BCUT2D eigenvalue weighted by Crippen LogP contribution is 2.27. The van der Waals surface area contributed by atoms with E-state index >= 15 is 0 Å². The zero-order valence-electron chi connectivity index (χ0n) is 16.9. The van der Waals surface area contributed by atoms with E-state index in [2.05, 4.69) is 44.8 Å². The second kappa shape index (κ2) is 9.37. The van der Waals surface area contributed by atoms with Crippen molar-refractivity contribution in [2.24, 2.45) is 4.99 Å². The molecule has 1 aliphatic heterocycles. The summed E-state index contributed by atoms with van der Waals surface area (Å²) in [7, 11) is 5.78. The van der Waals surface area contributed by atoms with Gasteiger partial charge in [0.05, 0.1) is 0 Å². The Morgan fingerprint density at radius 1 is 1.14 bits per heavy atom. The quantitative estimate of drug-likeness (QED) is 0.596. The van der Waals surface area contributed by atoms with Gasteiger partial charge in [-0.1, -0.05) is 30.3 Å². The van der Waals surface area contributed by atoms with Gasteiger partial charge in [0.1, 0.15) is 0 Å². The minimum absolute atomic E-state index is 0.0402. The van der Waals surface area contributed by atoms with Crippen LogP contribution >= 0.6 is 0 Å². The molecular weight excluding hydrogens is 350 g/mol. The van der Waals surface area contributed by atoms with Crippen molar-refractivity contribution in [2.45, 2.75) is 13.0 Å². The predicted molar refractivity (Wildman–Crippen MR) is 115 cm³/mol. The van der Waals surface area contributed by atoms with Gasteiger partial charge >= 0.3 is 0 Å². The van der Waals surface area contributed by atoms with Gasteiger partial charge in [-0.05, 0) is 49.8 Å². The third-order valence-electron chi connectivity index (χ3n) is 4.84. The minimum Gasteiger partial charge on any atom is -0.352 e. The number of rotatable bonds is 6. The van der Waals surface area contributed by atoms with E-state index < -0.39 is 0 Å². The monoisotopic (exact) mass is 379 g/mol. The minimum atomic E-state index is -0.0402. The second-order valence-corrected chi connectivity index (χ2v) is 7.19. The van der Waals surface area contributed by atoms with Crippen LogP contribution in [0.3, 0.4) is 0 Å². The molecule has 0 unspecified atom stereocenters. The van der Waals surface area contributed by atoms with E-state index in [1.165, 1.54) is 11.3 Å². The van der Waals surface area contributed by atoms with Gasteiger partial charge < -0.3 is 20.4 Å². The van der Waals surface area contributed by atoms with Crippen LogP contribution in [-0.4, -0.2) is 57.5 Å². The molecule has 2 aromatic carbocycles. The molecule has 148 valence electrons. The smallest absolute Gasteiger partial charge is 0.251 e. The van der Waals surface area contributed by atoms with Crippen LogP contribution in [0.5, 0.6) is 0 Å². The van der Waals surface area contributed by atoms with E-state index in [1.54, 1.807) is 7.05 Å². The number of likely N-dealkylation sites (N-methyl/N-ethyl adjacent to an activating group) is 1. The topological polar surface area (TPSA) is 60.0 Å². The molecule has 2 N–H and O–H groups in total. The van der Waals surface area contributed by atoms with Gasteiger partial charge in [0.25, 0.3) is 5.91 Å². The molecule has 28 heavy (non-hydrogen) atoms. The Bertz CT molecular complexity index is 846. The molecule has 0 bridgehead atoms. The number of benzene rings is 2. The Labute approximate surface area is 167 Å². The van der Waals surface area contributed by atoms with Crippen LogP contribution in [0.15, 0.2) is 53.5 Å². The second-order valence-electron chi connectivity index (χ2n) is 7.19. The number of para-hydroxylation sites is 1. The van der Waals surface area contributed by atoms with Crippen molar-refractivity contribution in [3.8, 4) is 0 Å². The first-order chi connectivity index (χ1) is 13.6. The Morgan fingerprint density at radius 3 is 2.75 bits per heavy atom. The highest BCUT2D eigenvalue weighted by Gasteiger charge is 2.22. The summed E-state index contributed by atoms with van der Waals surface area (Å²) in [6, 6.07) is 16.2. The molecule has 0 aliphatic carbocycles. The van der Waals surface area contributed by atoms with Crippen LogP contribution in [-0.2, 0) is 13.0 Å². The molecule has 0 aromatic heterocycles. The number of nitrogens with zero attached hydrogens (tertiary/aromatic N) is 3. The zero-order chi connectivity index (χ0) is 19.9. The first kappa shape index (κ1) is 19.9. The first-order valence-electron chi connectivity index (χ1n) is 9.66. The number of nitrogens with one attached hydrogen (secondary N) is 2. The van der Waals surface area contributed by atoms with Crippen molar-refractivity contribution in [3.63, 3.8) is 0 Å². The molecule has 0 fully saturated rings. The van der Waals surface area contributed by atoms with Crippen LogP contribution in [0.4, 0.5) is 5.69 Å². The highest BCUT2D eigenvalue weighted by atomic mass is 16.1. The lowest BCUT2D eigenvalue weighted by Crippen LogP contribution is -2.40. The Hall–Kier alpha value is -2.86. The molecule has 6 nitrogen and oxygen atoms in total. The third kappa shape index (κ3) is 4.89. The summed E-state index contributed by atoms with van der Waals surface area (Å²) in [6.07, 6.45) is 1.03. The molecule has 0 saturated carbocycles. The lowest BCUT2D eigenvalue weighted by molar-refractivity contribution is 0.0951. The van der Waals surface area contributed by atoms with Crippen LogP contribution in [0.2, 0.25) is 0 Å². The summed E-state index contributed by atoms with van der Waals surface area (Å²) in [5.41, 5.74) is 4.29. The fraction of sp³-hybridized carbons (Fsp3) is 0.364. The van der Waals surface area contributed by atoms with Gasteiger partial charge in [-0.3, -0.25) is 9.79 Å². The van der Waals surface area contributed by atoms with E-state index in [0.717, 1.165) is 31.0 Å². The number of hydrogen-bond acceptors (Lipinski definition) is 3.